The van der Waals surface area contributed by atoms with E-state index in [9.17, 15) is 0 Å². The van der Waals surface area contributed by atoms with Crippen LogP contribution in [0, 0.1) is 0 Å². The molecule has 2 heterocycles. The topological polar surface area (TPSA) is 64.9 Å². The van der Waals surface area contributed by atoms with Crippen LogP contribution in [0.15, 0.2) is 16.0 Å². The molecule has 2 aromatic rings. The number of rotatable bonds is 3. The van der Waals surface area contributed by atoms with E-state index in [2.05, 4.69) is 28.5 Å². The molecule has 0 amide bonds. The van der Waals surface area contributed by atoms with Gasteiger partial charge in [-0.25, -0.2) is 0 Å². The van der Waals surface area contributed by atoms with Gasteiger partial charge in [-0.15, -0.1) is 11.3 Å². The number of nitrogens with two attached hydrogens (primary N) is 1. The van der Waals surface area contributed by atoms with E-state index in [1.165, 1.54) is 18.4 Å². The van der Waals surface area contributed by atoms with Crippen LogP contribution >= 0.6 is 11.3 Å². The predicted octanol–water partition coefficient (Wildman–Crippen LogP) is 3.87. The second-order valence-corrected chi connectivity index (χ2v) is 6.54. The van der Waals surface area contributed by atoms with Crippen LogP contribution < -0.4 is 5.73 Å². The van der Waals surface area contributed by atoms with Crippen LogP contribution in [0.4, 0.5) is 0 Å². The molecule has 2 aromatic heterocycles. The molecular formula is C15H21N3OS. The highest BCUT2D eigenvalue weighted by molar-refractivity contribution is 7.13. The SMILES string of the molecule is CCc1ccsc1-c1nc(C2(N)CCCCCC2)no1. The number of aryl methyl sites for hydroxylation is 1. The summed E-state index contributed by atoms with van der Waals surface area (Å²) >= 11 is 1.65. The molecule has 3 rings (SSSR count). The van der Waals surface area contributed by atoms with Gasteiger partial charge in [-0.05, 0) is 36.3 Å². The molecule has 0 unspecified atom stereocenters. The molecule has 108 valence electrons. The zero-order valence-electron chi connectivity index (χ0n) is 11.9. The van der Waals surface area contributed by atoms with Gasteiger partial charge in [0.2, 0.25) is 0 Å². The van der Waals surface area contributed by atoms with Crippen molar-refractivity contribution in [2.24, 2.45) is 5.73 Å². The first-order valence-corrected chi connectivity index (χ1v) is 8.31. The van der Waals surface area contributed by atoms with E-state index in [-0.39, 0.29) is 0 Å². The normalized spacial score (nSPS) is 18.9. The van der Waals surface area contributed by atoms with Gasteiger partial charge in [0, 0.05) is 0 Å². The van der Waals surface area contributed by atoms with Crippen molar-refractivity contribution < 1.29 is 4.52 Å². The highest BCUT2D eigenvalue weighted by Gasteiger charge is 2.33. The monoisotopic (exact) mass is 291 g/mol. The quantitative estimate of drug-likeness (QED) is 0.872. The molecule has 0 spiro atoms. The standard InChI is InChI=1S/C15H21N3OS/c1-2-11-7-10-20-12(11)13-17-14(18-19-13)15(16)8-5-3-4-6-9-15/h7,10H,2-6,8-9,16H2,1H3. The van der Waals surface area contributed by atoms with Crippen molar-refractivity contribution in [1.82, 2.24) is 10.1 Å². The van der Waals surface area contributed by atoms with Crippen molar-refractivity contribution in [2.45, 2.75) is 57.4 Å². The fraction of sp³-hybridized carbons (Fsp3) is 0.600. The first kappa shape index (κ1) is 13.8. The maximum Gasteiger partial charge on any atom is 0.268 e. The van der Waals surface area contributed by atoms with Crippen molar-refractivity contribution in [3.63, 3.8) is 0 Å². The number of hydrogen-bond acceptors (Lipinski definition) is 5. The Hall–Kier alpha value is -1.20. The Morgan fingerprint density at radius 1 is 1.30 bits per heavy atom. The van der Waals surface area contributed by atoms with E-state index in [0.717, 1.165) is 37.0 Å². The van der Waals surface area contributed by atoms with E-state index in [0.29, 0.717) is 11.7 Å². The molecule has 0 saturated heterocycles. The van der Waals surface area contributed by atoms with Gasteiger partial charge >= 0.3 is 0 Å². The third-order valence-corrected chi connectivity index (χ3v) is 5.13. The van der Waals surface area contributed by atoms with Gasteiger partial charge in [-0.1, -0.05) is 37.8 Å². The summed E-state index contributed by atoms with van der Waals surface area (Å²) in [5.41, 5.74) is 7.40. The summed E-state index contributed by atoms with van der Waals surface area (Å²) in [7, 11) is 0. The number of thiophene rings is 1. The highest BCUT2D eigenvalue weighted by atomic mass is 32.1. The molecule has 0 bridgehead atoms. The summed E-state index contributed by atoms with van der Waals surface area (Å²) in [6.07, 6.45) is 7.71. The maximum atomic E-state index is 6.54. The molecular weight excluding hydrogens is 270 g/mol. The summed E-state index contributed by atoms with van der Waals surface area (Å²) in [4.78, 5) is 5.69. The number of nitrogens with zero attached hydrogens (tertiary/aromatic N) is 2. The van der Waals surface area contributed by atoms with Crippen molar-refractivity contribution in [1.29, 1.82) is 0 Å². The van der Waals surface area contributed by atoms with Crippen molar-refractivity contribution >= 4 is 11.3 Å². The maximum absolute atomic E-state index is 6.54. The Kier molecular flexibility index (Phi) is 3.89. The van der Waals surface area contributed by atoms with E-state index in [4.69, 9.17) is 10.3 Å². The third kappa shape index (κ3) is 2.52. The van der Waals surface area contributed by atoms with Crippen molar-refractivity contribution in [3.8, 4) is 10.8 Å². The van der Waals surface area contributed by atoms with Gasteiger partial charge in [-0.2, -0.15) is 4.98 Å². The van der Waals surface area contributed by atoms with E-state index < -0.39 is 5.54 Å². The highest BCUT2D eigenvalue weighted by Crippen LogP contribution is 2.34. The van der Waals surface area contributed by atoms with Gasteiger partial charge < -0.3 is 10.3 Å². The molecule has 1 saturated carbocycles. The lowest BCUT2D eigenvalue weighted by Crippen LogP contribution is -2.37. The Bertz CT molecular complexity index is 567. The first-order valence-electron chi connectivity index (χ1n) is 7.43. The predicted molar refractivity (Wildman–Crippen MR) is 80.6 cm³/mol. The molecule has 4 nitrogen and oxygen atoms in total. The molecule has 0 radical (unpaired) electrons. The van der Waals surface area contributed by atoms with Gasteiger partial charge in [0.25, 0.3) is 5.89 Å². The van der Waals surface area contributed by atoms with Crippen LogP contribution in [0.1, 0.15) is 56.8 Å². The second-order valence-electron chi connectivity index (χ2n) is 5.62. The van der Waals surface area contributed by atoms with Crippen LogP contribution in [0.3, 0.4) is 0 Å². The molecule has 1 fully saturated rings. The minimum atomic E-state index is -0.401. The van der Waals surface area contributed by atoms with Crippen LogP contribution in [-0.2, 0) is 12.0 Å². The third-order valence-electron chi connectivity index (χ3n) is 4.19. The molecule has 20 heavy (non-hydrogen) atoms. The van der Waals surface area contributed by atoms with Crippen LogP contribution in [0.5, 0.6) is 0 Å². The minimum absolute atomic E-state index is 0.401. The molecule has 0 aliphatic heterocycles. The molecule has 2 N–H and O–H groups in total. The minimum Gasteiger partial charge on any atom is -0.333 e. The summed E-state index contributed by atoms with van der Waals surface area (Å²) in [6.45, 7) is 2.14. The Balaban J connectivity index is 1.89. The molecule has 1 aliphatic rings. The zero-order valence-corrected chi connectivity index (χ0v) is 12.7. The fourth-order valence-electron chi connectivity index (χ4n) is 2.90. The molecule has 1 aliphatic carbocycles. The second kappa shape index (κ2) is 5.66. The lowest BCUT2D eigenvalue weighted by atomic mass is 9.91. The Morgan fingerprint density at radius 3 is 2.75 bits per heavy atom. The van der Waals surface area contributed by atoms with Gasteiger partial charge in [0.1, 0.15) is 0 Å². The summed E-state index contributed by atoms with van der Waals surface area (Å²) in [6, 6.07) is 2.12. The average molecular weight is 291 g/mol. The smallest absolute Gasteiger partial charge is 0.268 e. The molecule has 5 heteroatoms. The first-order chi connectivity index (χ1) is 9.73. The summed E-state index contributed by atoms with van der Waals surface area (Å²) in [5.74, 6) is 1.31. The van der Waals surface area contributed by atoms with E-state index in [1.807, 2.05) is 0 Å². The van der Waals surface area contributed by atoms with E-state index >= 15 is 0 Å². The summed E-state index contributed by atoms with van der Waals surface area (Å²) in [5, 5.41) is 6.25. The number of aromatic nitrogens is 2. The van der Waals surface area contributed by atoms with E-state index in [1.54, 1.807) is 11.3 Å². The fourth-order valence-corrected chi connectivity index (χ4v) is 3.82. The molecule has 0 atom stereocenters. The van der Waals surface area contributed by atoms with Crippen LogP contribution in [0.2, 0.25) is 0 Å². The number of hydrogen-bond donors (Lipinski definition) is 1. The van der Waals surface area contributed by atoms with Gasteiger partial charge in [-0.3, -0.25) is 0 Å². The van der Waals surface area contributed by atoms with Crippen molar-refractivity contribution in [3.05, 3.63) is 22.8 Å². The Morgan fingerprint density at radius 2 is 2.05 bits per heavy atom. The van der Waals surface area contributed by atoms with Gasteiger partial charge in [0.15, 0.2) is 5.82 Å². The lowest BCUT2D eigenvalue weighted by Gasteiger charge is -2.23. The largest absolute Gasteiger partial charge is 0.333 e. The lowest BCUT2D eigenvalue weighted by molar-refractivity contribution is 0.334. The van der Waals surface area contributed by atoms with Crippen molar-refractivity contribution in [2.75, 3.05) is 0 Å². The summed E-state index contributed by atoms with van der Waals surface area (Å²) < 4.78 is 5.48. The van der Waals surface area contributed by atoms with Gasteiger partial charge in [0.05, 0.1) is 10.4 Å². The molecule has 0 aromatic carbocycles. The van der Waals surface area contributed by atoms with Crippen LogP contribution in [0.25, 0.3) is 10.8 Å². The Labute approximate surface area is 123 Å². The average Bonchev–Trinajstić information content (AvgIpc) is 3.06. The van der Waals surface area contributed by atoms with Crippen LogP contribution in [-0.4, -0.2) is 10.1 Å². The zero-order chi connectivity index (χ0) is 14.0.